The van der Waals surface area contributed by atoms with Gasteiger partial charge in [0.05, 0.1) is 5.69 Å². The molecule has 0 spiro atoms. The predicted molar refractivity (Wildman–Crippen MR) is 78.6 cm³/mol. The predicted octanol–water partition coefficient (Wildman–Crippen LogP) is 1.39. The zero-order chi connectivity index (χ0) is 14.4. The number of aliphatic hydroxyl groups is 1. The fourth-order valence-electron chi connectivity index (χ4n) is 1.80. The quantitative estimate of drug-likeness (QED) is 0.794. The van der Waals surface area contributed by atoms with E-state index in [-0.39, 0.29) is 18.6 Å². The number of aryl methyl sites for hydroxylation is 1. The topological polar surface area (TPSA) is 67.2 Å². The van der Waals surface area contributed by atoms with Gasteiger partial charge in [-0.1, -0.05) is 13.8 Å². The molecule has 0 aromatic carbocycles. The maximum Gasteiger partial charge on any atom is 0.269 e. The van der Waals surface area contributed by atoms with Crippen LogP contribution in [0.25, 0.3) is 0 Å². The monoisotopic (exact) mass is 285 g/mol. The zero-order valence-electron chi connectivity index (χ0n) is 12.0. The van der Waals surface area contributed by atoms with Gasteiger partial charge in [-0.25, -0.2) is 0 Å². The van der Waals surface area contributed by atoms with Gasteiger partial charge in [-0.15, -0.1) is 0 Å². The van der Waals surface area contributed by atoms with Crippen LogP contribution in [0.4, 0.5) is 0 Å². The molecule has 0 bridgehead atoms. The largest absolute Gasteiger partial charge is 0.396 e. The number of carbonyl (C=O) groups is 1. The number of hydrogen-bond acceptors (Lipinski definition) is 4. The van der Waals surface area contributed by atoms with Crippen molar-refractivity contribution < 1.29 is 9.90 Å². The molecule has 5 nitrogen and oxygen atoms in total. The van der Waals surface area contributed by atoms with Crippen LogP contribution >= 0.6 is 11.8 Å². The maximum absolute atomic E-state index is 12.2. The second-order valence-corrected chi connectivity index (χ2v) is 5.78. The van der Waals surface area contributed by atoms with E-state index in [1.807, 2.05) is 26.2 Å². The Morgan fingerprint density at radius 3 is 2.74 bits per heavy atom. The van der Waals surface area contributed by atoms with Gasteiger partial charge in [0.1, 0.15) is 5.69 Å². The first-order valence-electron chi connectivity index (χ1n) is 6.44. The Morgan fingerprint density at radius 1 is 1.58 bits per heavy atom. The molecule has 0 fully saturated rings. The second-order valence-electron chi connectivity index (χ2n) is 4.87. The molecule has 1 atom stereocenters. The Kier molecular flexibility index (Phi) is 6.37. The van der Waals surface area contributed by atoms with E-state index in [0.717, 1.165) is 11.4 Å². The number of amides is 1. The molecule has 1 aromatic heterocycles. The average molecular weight is 285 g/mol. The molecule has 0 radical (unpaired) electrons. The third-order valence-corrected chi connectivity index (χ3v) is 3.64. The van der Waals surface area contributed by atoms with Crippen LogP contribution in [-0.4, -0.2) is 45.5 Å². The van der Waals surface area contributed by atoms with Crippen LogP contribution in [0.1, 0.15) is 42.4 Å². The van der Waals surface area contributed by atoms with Gasteiger partial charge in [0.2, 0.25) is 0 Å². The van der Waals surface area contributed by atoms with E-state index in [1.165, 1.54) is 0 Å². The highest BCUT2D eigenvalue weighted by molar-refractivity contribution is 7.98. The first kappa shape index (κ1) is 16.0. The van der Waals surface area contributed by atoms with E-state index in [2.05, 4.69) is 10.4 Å². The molecule has 0 saturated heterocycles. The fourth-order valence-corrected chi connectivity index (χ4v) is 2.45. The average Bonchev–Trinajstić information content (AvgIpc) is 2.72. The summed E-state index contributed by atoms with van der Waals surface area (Å²) in [6.07, 6.45) is 2.55. The SMILES string of the molecule is CSCC(CCO)NC(=O)c1cc(C(C)C)nn1C. The van der Waals surface area contributed by atoms with Gasteiger partial charge < -0.3 is 10.4 Å². The van der Waals surface area contributed by atoms with Gasteiger partial charge in [0.25, 0.3) is 5.91 Å². The van der Waals surface area contributed by atoms with E-state index in [4.69, 9.17) is 5.11 Å². The van der Waals surface area contributed by atoms with Crippen molar-refractivity contribution in [1.82, 2.24) is 15.1 Å². The number of thioether (sulfide) groups is 1. The molecular formula is C13H23N3O2S. The van der Waals surface area contributed by atoms with E-state index in [0.29, 0.717) is 18.0 Å². The summed E-state index contributed by atoms with van der Waals surface area (Å²) in [5.41, 5.74) is 1.48. The number of aliphatic hydroxyl groups excluding tert-OH is 1. The maximum atomic E-state index is 12.2. The van der Waals surface area contributed by atoms with Crippen molar-refractivity contribution in [3.8, 4) is 0 Å². The van der Waals surface area contributed by atoms with Crippen molar-refractivity contribution in [3.05, 3.63) is 17.5 Å². The Morgan fingerprint density at radius 2 is 2.26 bits per heavy atom. The summed E-state index contributed by atoms with van der Waals surface area (Å²) < 4.78 is 1.61. The highest BCUT2D eigenvalue weighted by Gasteiger charge is 2.18. The third-order valence-electron chi connectivity index (χ3n) is 2.90. The lowest BCUT2D eigenvalue weighted by molar-refractivity contribution is 0.0926. The van der Waals surface area contributed by atoms with Crippen molar-refractivity contribution >= 4 is 17.7 Å². The number of carbonyl (C=O) groups excluding carboxylic acids is 1. The van der Waals surface area contributed by atoms with Gasteiger partial charge in [-0.05, 0) is 24.7 Å². The van der Waals surface area contributed by atoms with E-state index >= 15 is 0 Å². The van der Waals surface area contributed by atoms with E-state index < -0.39 is 0 Å². The molecule has 2 N–H and O–H groups in total. The summed E-state index contributed by atoms with van der Waals surface area (Å²) in [7, 11) is 1.77. The Bertz CT molecular complexity index is 412. The summed E-state index contributed by atoms with van der Waals surface area (Å²) in [4.78, 5) is 12.2. The Labute approximate surface area is 118 Å². The molecule has 0 aliphatic rings. The first-order valence-corrected chi connectivity index (χ1v) is 7.83. The fraction of sp³-hybridized carbons (Fsp3) is 0.692. The third kappa shape index (κ3) is 4.54. The van der Waals surface area contributed by atoms with Crippen LogP contribution in [0.2, 0.25) is 0 Å². The normalized spacial score (nSPS) is 12.7. The molecule has 1 heterocycles. The smallest absolute Gasteiger partial charge is 0.269 e. The minimum Gasteiger partial charge on any atom is -0.396 e. The summed E-state index contributed by atoms with van der Waals surface area (Å²) in [6.45, 7) is 4.17. The van der Waals surface area contributed by atoms with Gasteiger partial charge >= 0.3 is 0 Å². The van der Waals surface area contributed by atoms with Gasteiger partial charge in [-0.2, -0.15) is 16.9 Å². The molecule has 0 aliphatic heterocycles. The van der Waals surface area contributed by atoms with E-state index in [9.17, 15) is 4.79 Å². The molecule has 1 rings (SSSR count). The highest BCUT2D eigenvalue weighted by atomic mass is 32.2. The minimum atomic E-state index is -0.130. The van der Waals surface area contributed by atoms with Crippen LogP contribution in [0.5, 0.6) is 0 Å². The van der Waals surface area contributed by atoms with Crippen LogP contribution < -0.4 is 5.32 Å². The molecule has 1 unspecified atom stereocenters. The number of rotatable bonds is 7. The van der Waals surface area contributed by atoms with Crippen molar-refractivity contribution in [2.75, 3.05) is 18.6 Å². The number of nitrogens with zero attached hydrogens (tertiary/aromatic N) is 2. The Balaban J connectivity index is 2.76. The van der Waals surface area contributed by atoms with Crippen molar-refractivity contribution in [3.63, 3.8) is 0 Å². The van der Waals surface area contributed by atoms with Gasteiger partial charge in [0.15, 0.2) is 0 Å². The lowest BCUT2D eigenvalue weighted by Gasteiger charge is -2.16. The van der Waals surface area contributed by atoms with Gasteiger partial charge in [-0.3, -0.25) is 9.48 Å². The highest BCUT2D eigenvalue weighted by Crippen LogP contribution is 2.14. The molecule has 6 heteroatoms. The summed E-state index contributed by atoms with van der Waals surface area (Å²) >= 11 is 1.65. The summed E-state index contributed by atoms with van der Waals surface area (Å²) in [5, 5.41) is 16.3. The molecule has 0 aliphatic carbocycles. The molecule has 0 saturated carbocycles. The summed E-state index contributed by atoms with van der Waals surface area (Å²) in [5.74, 6) is 0.961. The van der Waals surface area contributed by atoms with E-state index in [1.54, 1.807) is 23.5 Å². The van der Waals surface area contributed by atoms with Crippen LogP contribution in [-0.2, 0) is 7.05 Å². The Hall–Kier alpha value is -1.01. The van der Waals surface area contributed by atoms with Crippen molar-refractivity contribution in [1.29, 1.82) is 0 Å². The summed E-state index contributed by atoms with van der Waals surface area (Å²) in [6, 6.07) is 1.82. The molecule has 1 amide bonds. The molecular weight excluding hydrogens is 262 g/mol. The van der Waals surface area contributed by atoms with Crippen LogP contribution in [0.15, 0.2) is 6.07 Å². The van der Waals surface area contributed by atoms with Gasteiger partial charge in [0, 0.05) is 25.4 Å². The van der Waals surface area contributed by atoms with Crippen molar-refractivity contribution in [2.24, 2.45) is 7.05 Å². The molecule has 19 heavy (non-hydrogen) atoms. The first-order chi connectivity index (χ1) is 8.99. The minimum absolute atomic E-state index is 0.00935. The lowest BCUT2D eigenvalue weighted by Crippen LogP contribution is -2.38. The molecule has 1 aromatic rings. The van der Waals surface area contributed by atoms with Crippen molar-refractivity contribution in [2.45, 2.75) is 32.2 Å². The van der Waals surface area contributed by atoms with Crippen LogP contribution in [0, 0.1) is 0 Å². The zero-order valence-corrected chi connectivity index (χ0v) is 12.8. The lowest BCUT2D eigenvalue weighted by atomic mass is 10.1. The molecule has 108 valence electrons. The van der Waals surface area contributed by atoms with Crippen LogP contribution in [0.3, 0.4) is 0 Å². The number of aromatic nitrogens is 2. The second kappa shape index (κ2) is 7.55. The number of nitrogens with one attached hydrogen (secondary N) is 1. The standard InChI is InChI=1S/C13H23N3O2S/c1-9(2)11-7-12(16(3)15-11)13(18)14-10(5-6-17)8-19-4/h7,9-10,17H,5-6,8H2,1-4H3,(H,14,18). The number of hydrogen-bond donors (Lipinski definition) is 2.